The monoisotopic (exact) mass is 294 g/mol. The Labute approximate surface area is 127 Å². The van der Waals surface area contributed by atoms with Crippen LogP contribution in [0.4, 0.5) is 5.69 Å². The highest BCUT2D eigenvalue weighted by Gasteiger charge is 2.17. The first-order valence-corrected chi connectivity index (χ1v) is 6.72. The van der Waals surface area contributed by atoms with E-state index in [9.17, 15) is 9.90 Å². The maximum Gasteiger partial charge on any atom is 0.276 e. The van der Waals surface area contributed by atoms with Gasteiger partial charge in [-0.2, -0.15) is 0 Å². The smallest absolute Gasteiger partial charge is 0.276 e. The predicted octanol–water partition coefficient (Wildman–Crippen LogP) is 2.53. The fraction of sp³-hybridized carbons (Fsp3) is 0.0625. The zero-order valence-corrected chi connectivity index (χ0v) is 11.9. The van der Waals surface area contributed by atoms with Gasteiger partial charge in [0.2, 0.25) is 0 Å². The molecular weight excluding hydrogens is 280 g/mol. The van der Waals surface area contributed by atoms with Crippen LogP contribution in [0.1, 0.15) is 16.1 Å². The van der Waals surface area contributed by atoms with Crippen molar-refractivity contribution in [2.45, 2.75) is 6.92 Å². The Hall–Kier alpha value is -3.15. The SMILES string of the molecule is Cc1ccc(O)c(-n2nncc2C(=O)Nc2ccccc2)c1. The molecule has 110 valence electrons. The predicted molar refractivity (Wildman–Crippen MR) is 82.2 cm³/mol. The van der Waals surface area contributed by atoms with Gasteiger partial charge in [-0.3, -0.25) is 4.79 Å². The third kappa shape index (κ3) is 2.67. The summed E-state index contributed by atoms with van der Waals surface area (Å²) >= 11 is 0. The standard InChI is InChI=1S/C16H14N4O2/c1-11-7-8-15(21)13(9-11)20-14(10-17-19-20)16(22)18-12-5-3-2-4-6-12/h2-10,21H,1H3,(H,18,22). The number of phenolic OH excluding ortho intramolecular Hbond substituents is 1. The second-order valence-electron chi connectivity index (χ2n) is 4.84. The summed E-state index contributed by atoms with van der Waals surface area (Å²) < 4.78 is 1.32. The third-order valence-electron chi connectivity index (χ3n) is 3.17. The summed E-state index contributed by atoms with van der Waals surface area (Å²) in [4.78, 5) is 12.4. The van der Waals surface area contributed by atoms with Crippen molar-refractivity contribution in [3.05, 3.63) is 66.0 Å². The molecule has 0 unspecified atom stereocenters. The molecule has 0 fully saturated rings. The summed E-state index contributed by atoms with van der Waals surface area (Å²) in [7, 11) is 0. The highest BCUT2D eigenvalue weighted by atomic mass is 16.3. The molecule has 3 aromatic rings. The van der Waals surface area contributed by atoms with Crippen LogP contribution >= 0.6 is 0 Å². The Morgan fingerprint density at radius 3 is 2.73 bits per heavy atom. The lowest BCUT2D eigenvalue weighted by Gasteiger charge is -2.09. The number of benzene rings is 2. The van der Waals surface area contributed by atoms with Gasteiger partial charge in [0, 0.05) is 5.69 Å². The zero-order valence-electron chi connectivity index (χ0n) is 11.9. The Morgan fingerprint density at radius 1 is 1.18 bits per heavy atom. The van der Waals surface area contributed by atoms with E-state index in [1.54, 1.807) is 30.3 Å². The average Bonchev–Trinajstić information content (AvgIpc) is 3.00. The first kappa shape index (κ1) is 13.8. The molecule has 0 aliphatic heterocycles. The Bertz CT molecular complexity index is 812. The first-order valence-electron chi connectivity index (χ1n) is 6.72. The summed E-state index contributed by atoms with van der Waals surface area (Å²) in [5, 5.41) is 20.4. The lowest BCUT2D eigenvalue weighted by molar-refractivity contribution is 0.101. The molecule has 1 amide bonds. The lowest BCUT2D eigenvalue weighted by Crippen LogP contribution is -2.17. The number of hydrogen-bond acceptors (Lipinski definition) is 4. The number of para-hydroxylation sites is 1. The van der Waals surface area contributed by atoms with Crippen molar-refractivity contribution in [3.8, 4) is 11.4 Å². The number of hydrogen-bond donors (Lipinski definition) is 2. The normalized spacial score (nSPS) is 10.4. The molecule has 0 radical (unpaired) electrons. The van der Waals surface area contributed by atoms with Crippen LogP contribution < -0.4 is 5.32 Å². The highest BCUT2D eigenvalue weighted by molar-refractivity contribution is 6.03. The maximum absolute atomic E-state index is 12.4. The fourth-order valence-corrected chi connectivity index (χ4v) is 2.09. The molecule has 22 heavy (non-hydrogen) atoms. The number of amides is 1. The number of phenols is 1. The van der Waals surface area contributed by atoms with Crippen molar-refractivity contribution >= 4 is 11.6 Å². The van der Waals surface area contributed by atoms with E-state index >= 15 is 0 Å². The number of nitrogens with zero attached hydrogens (tertiary/aromatic N) is 3. The van der Waals surface area contributed by atoms with E-state index in [-0.39, 0.29) is 17.4 Å². The molecule has 0 bridgehead atoms. The molecule has 0 aliphatic rings. The topological polar surface area (TPSA) is 80.0 Å². The van der Waals surface area contributed by atoms with E-state index in [0.717, 1.165) is 5.56 Å². The van der Waals surface area contributed by atoms with Crippen LogP contribution in [0.5, 0.6) is 5.75 Å². The molecule has 0 saturated carbocycles. The number of carbonyl (C=O) groups is 1. The van der Waals surface area contributed by atoms with E-state index in [1.807, 2.05) is 25.1 Å². The van der Waals surface area contributed by atoms with Crippen molar-refractivity contribution in [1.82, 2.24) is 15.0 Å². The Kier molecular flexibility index (Phi) is 3.57. The van der Waals surface area contributed by atoms with Gasteiger partial charge in [0.25, 0.3) is 5.91 Å². The molecule has 2 aromatic carbocycles. The highest BCUT2D eigenvalue weighted by Crippen LogP contribution is 2.23. The molecule has 6 heteroatoms. The summed E-state index contributed by atoms with van der Waals surface area (Å²) in [5.74, 6) is -0.318. The Balaban J connectivity index is 1.95. The van der Waals surface area contributed by atoms with E-state index in [2.05, 4.69) is 15.6 Å². The van der Waals surface area contributed by atoms with Gasteiger partial charge in [-0.05, 0) is 36.8 Å². The minimum atomic E-state index is -0.350. The van der Waals surface area contributed by atoms with Crippen molar-refractivity contribution in [2.24, 2.45) is 0 Å². The number of aryl methyl sites for hydroxylation is 1. The first-order chi connectivity index (χ1) is 10.6. The molecule has 2 N–H and O–H groups in total. The van der Waals surface area contributed by atoms with E-state index in [1.165, 1.54) is 10.9 Å². The van der Waals surface area contributed by atoms with Gasteiger partial charge >= 0.3 is 0 Å². The fourth-order valence-electron chi connectivity index (χ4n) is 2.09. The molecule has 3 rings (SSSR count). The van der Waals surface area contributed by atoms with Gasteiger partial charge in [0.1, 0.15) is 11.4 Å². The molecule has 6 nitrogen and oxygen atoms in total. The number of rotatable bonds is 3. The minimum Gasteiger partial charge on any atom is -0.506 e. The third-order valence-corrected chi connectivity index (χ3v) is 3.17. The zero-order chi connectivity index (χ0) is 15.5. The van der Waals surface area contributed by atoms with E-state index in [4.69, 9.17) is 0 Å². The van der Waals surface area contributed by atoms with Crippen molar-refractivity contribution in [2.75, 3.05) is 5.32 Å². The minimum absolute atomic E-state index is 0.0323. The molecule has 0 saturated heterocycles. The second kappa shape index (κ2) is 5.69. The quantitative estimate of drug-likeness (QED) is 0.778. The van der Waals surface area contributed by atoms with E-state index in [0.29, 0.717) is 11.4 Å². The van der Waals surface area contributed by atoms with Gasteiger partial charge in [-0.25, -0.2) is 4.68 Å². The van der Waals surface area contributed by atoms with Crippen LogP contribution in [0, 0.1) is 6.92 Å². The number of carbonyl (C=O) groups excluding carboxylic acids is 1. The Morgan fingerprint density at radius 2 is 1.95 bits per heavy atom. The molecule has 1 aromatic heterocycles. The van der Waals surface area contributed by atoms with E-state index < -0.39 is 0 Å². The average molecular weight is 294 g/mol. The molecule has 0 spiro atoms. The number of nitrogens with one attached hydrogen (secondary N) is 1. The number of anilines is 1. The van der Waals surface area contributed by atoms with Gasteiger partial charge < -0.3 is 10.4 Å². The summed E-state index contributed by atoms with van der Waals surface area (Å²) in [6.45, 7) is 1.89. The molecule has 1 heterocycles. The van der Waals surface area contributed by atoms with Crippen molar-refractivity contribution in [3.63, 3.8) is 0 Å². The molecule has 0 aliphatic carbocycles. The van der Waals surface area contributed by atoms with Crippen molar-refractivity contribution < 1.29 is 9.90 Å². The van der Waals surface area contributed by atoms with Crippen LogP contribution in [0.25, 0.3) is 5.69 Å². The van der Waals surface area contributed by atoms with Crippen LogP contribution in [0.15, 0.2) is 54.7 Å². The van der Waals surface area contributed by atoms with Gasteiger partial charge in [0.15, 0.2) is 5.69 Å². The number of aromatic hydroxyl groups is 1. The lowest BCUT2D eigenvalue weighted by atomic mass is 10.2. The molecular formula is C16H14N4O2. The maximum atomic E-state index is 12.4. The number of aromatic nitrogens is 3. The second-order valence-corrected chi connectivity index (χ2v) is 4.84. The van der Waals surface area contributed by atoms with Crippen molar-refractivity contribution in [1.29, 1.82) is 0 Å². The summed E-state index contributed by atoms with van der Waals surface area (Å²) in [5.41, 5.74) is 2.27. The largest absolute Gasteiger partial charge is 0.506 e. The van der Waals surface area contributed by atoms with Crippen LogP contribution in [0.3, 0.4) is 0 Å². The van der Waals surface area contributed by atoms with Gasteiger partial charge in [-0.15, -0.1) is 5.10 Å². The van der Waals surface area contributed by atoms with Crippen LogP contribution in [-0.4, -0.2) is 26.0 Å². The van der Waals surface area contributed by atoms with Gasteiger partial charge in [-0.1, -0.05) is 29.5 Å². The summed E-state index contributed by atoms with van der Waals surface area (Å²) in [6.07, 6.45) is 1.36. The van der Waals surface area contributed by atoms with Crippen LogP contribution in [0.2, 0.25) is 0 Å². The summed E-state index contributed by atoms with van der Waals surface area (Å²) in [6, 6.07) is 14.2. The van der Waals surface area contributed by atoms with Crippen LogP contribution in [-0.2, 0) is 0 Å². The van der Waals surface area contributed by atoms with Gasteiger partial charge in [0.05, 0.1) is 6.20 Å². The molecule has 0 atom stereocenters.